The van der Waals surface area contributed by atoms with Gasteiger partial charge in [-0.25, -0.2) is 18.0 Å². The van der Waals surface area contributed by atoms with E-state index in [9.17, 15) is 14.3 Å². The first-order chi connectivity index (χ1) is 21.2. The van der Waals surface area contributed by atoms with Gasteiger partial charge in [-0.05, 0) is 53.1 Å². The number of halogens is 3. The Morgan fingerprint density at radius 2 is 1.36 bits per heavy atom. The quantitative estimate of drug-likeness (QED) is 0.0764. The van der Waals surface area contributed by atoms with Gasteiger partial charge in [0.1, 0.15) is 24.1 Å². The number of carbonyl (C=O) groups is 1. The zero-order valence-corrected chi connectivity index (χ0v) is 23.6. The van der Waals surface area contributed by atoms with Crippen LogP contribution in [0.15, 0.2) is 120 Å². The molecule has 0 unspecified atom stereocenters. The van der Waals surface area contributed by atoms with Gasteiger partial charge in [-0.1, -0.05) is 53.6 Å². The van der Waals surface area contributed by atoms with E-state index in [0.29, 0.717) is 11.1 Å². The Hall–Kier alpha value is -5.86. The van der Waals surface area contributed by atoms with E-state index < -0.39 is 40.2 Å². The normalized spacial score (nSPS) is 12.1. The molecule has 0 saturated carbocycles. The lowest BCUT2D eigenvalue weighted by atomic mass is 9.87. The van der Waals surface area contributed by atoms with Gasteiger partial charge in [0, 0.05) is 58.8 Å². The predicted octanol–water partition coefficient (Wildman–Crippen LogP) is 8.85. The molecule has 0 spiro atoms. The summed E-state index contributed by atoms with van der Waals surface area (Å²) in [5.74, 6) is -7.11. The van der Waals surface area contributed by atoms with Crippen LogP contribution in [0.2, 0.25) is 0 Å². The summed E-state index contributed by atoms with van der Waals surface area (Å²) in [6.07, 6.45) is 6.75. The Bertz CT molecular complexity index is 1910. The summed E-state index contributed by atoms with van der Waals surface area (Å²) in [6.45, 7) is 0. The van der Waals surface area contributed by atoms with E-state index in [1.54, 1.807) is 48.6 Å². The summed E-state index contributed by atoms with van der Waals surface area (Å²) in [7, 11) is 3.72. The Balaban J connectivity index is 1.74. The molecule has 218 valence electrons. The molecule has 0 saturated heterocycles. The Kier molecular flexibility index (Phi) is 8.46. The summed E-state index contributed by atoms with van der Waals surface area (Å²) in [6, 6.07) is 25.8. The molecule has 1 aliphatic rings. The second-order valence-corrected chi connectivity index (χ2v) is 9.79. The highest BCUT2D eigenvalue weighted by Gasteiger charge is 2.32. The summed E-state index contributed by atoms with van der Waals surface area (Å²) >= 11 is 0. The highest BCUT2D eigenvalue weighted by Crippen LogP contribution is 2.40. The van der Waals surface area contributed by atoms with Crippen molar-refractivity contribution in [1.29, 1.82) is 0 Å². The van der Waals surface area contributed by atoms with Gasteiger partial charge in [0.05, 0.1) is 0 Å². The van der Waals surface area contributed by atoms with Crippen LogP contribution in [0.4, 0.5) is 35.9 Å². The highest BCUT2D eigenvalue weighted by molar-refractivity contribution is 6.06. The molecule has 10 heteroatoms. The van der Waals surface area contributed by atoms with E-state index >= 15 is 8.78 Å². The van der Waals surface area contributed by atoms with Gasteiger partial charge in [0.2, 0.25) is 11.4 Å². The van der Waals surface area contributed by atoms with Crippen LogP contribution in [0.1, 0.15) is 21.5 Å². The zero-order chi connectivity index (χ0) is 31.4. The number of aromatic carboxylic acids is 1. The summed E-state index contributed by atoms with van der Waals surface area (Å²) < 4.78 is 48.0. The predicted molar refractivity (Wildman–Crippen MR) is 165 cm³/mol. The maximum atomic E-state index is 16.0. The monoisotopic (exact) mass is 592 g/mol. The third kappa shape index (κ3) is 5.62. The van der Waals surface area contributed by atoms with E-state index in [1.165, 1.54) is 0 Å². The summed E-state index contributed by atoms with van der Waals surface area (Å²) in [4.78, 5) is 16.6. The smallest absolute Gasteiger partial charge is 0.339 e. The van der Waals surface area contributed by atoms with Gasteiger partial charge in [-0.3, -0.25) is 0 Å². The molecule has 7 nitrogen and oxygen atoms in total. The van der Waals surface area contributed by atoms with Crippen LogP contribution in [-0.4, -0.2) is 35.5 Å². The van der Waals surface area contributed by atoms with Crippen LogP contribution in [0.25, 0.3) is 16.0 Å². The Morgan fingerprint density at radius 1 is 0.795 bits per heavy atom. The van der Waals surface area contributed by atoms with Gasteiger partial charge >= 0.3 is 5.97 Å². The molecular weight excluding hydrogens is 567 g/mol. The number of carboxylic acid groups (broad SMARTS) is 1. The number of carboxylic acids is 1. The lowest BCUT2D eigenvalue weighted by molar-refractivity contribution is -0.403. The molecule has 0 radical (unpaired) electrons. The van der Waals surface area contributed by atoms with Crippen molar-refractivity contribution in [3.8, 4) is 0 Å². The number of allylic oxidation sites excluding steroid dienone is 5. The minimum Gasteiger partial charge on any atom is -0.478 e. The van der Waals surface area contributed by atoms with E-state index in [2.05, 4.69) is 10.0 Å². The van der Waals surface area contributed by atoms with Crippen molar-refractivity contribution in [2.75, 3.05) is 19.0 Å². The van der Waals surface area contributed by atoms with Gasteiger partial charge in [0.25, 0.3) is 0 Å². The van der Waals surface area contributed by atoms with Crippen molar-refractivity contribution >= 4 is 40.0 Å². The van der Waals surface area contributed by atoms with Crippen LogP contribution in [0, 0.1) is 17.5 Å². The first-order valence-corrected chi connectivity index (χ1v) is 13.4. The van der Waals surface area contributed by atoms with Gasteiger partial charge < -0.3 is 10.0 Å². The Morgan fingerprint density at radius 3 is 1.93 bits per heavy atom. The third-order valence-corrected chi connectivity index (χ3v) is 7.28. The lowest BCUT2D eigenvalue weighted by Crippen LogP contribution is -2.14. The van der Waals surface area contributed by atoms with Gasteiger partial charge in [-0.2, -0.15) is 4.58 Å². The van der Waals surface area contributed by atoms with Crippen molar-refractivity contribution in [2.24, 2.45) is 5.11 Å². The van der Waals surface area contributed by atoms with E-state index in [0.717, 1.165) is 22.8 Å². The van der Waals surface area contributed by atoms with Crippen LogP contribution in [0.5, 0.6) is 0 Å². The van der Waals surface area contributed by atoms with Gasteiger partial charge in [0.15, 0.2) is 11.6 Å². The maximum absolute atomic E-state index is 16.0. The Labute approximate surface area is 251 Å². The molecular formula is C34H25F3N5O2+. The van der Waals surface area contributed by atoms with Crippen LogP contribution in [0.3, 0.4) is 0 Å². The largest absolute Gasteiger partial charge is 0.478 e. The topological polar surface area (TPSA) is 92.3 Å². The van der Waals surface area contributed by atoms with Crippen molar-refractivity contribution in [2.45, 2.75) is 0 Å². The second-order valence-electron chi connectivity index (χ2n) is 9.79. The van der Waals surface area contributed by atoms with Gasteiger partial charge in [-0.15, -0.1) is 0 Å². The molecule has 0 atom stereocenters. The fraction of sp³-hybridized carbons (Fsp3) is 0.0588. The molecule has 5 rings (SSSR count). The summed E-state index contributed by atoms with van der Waals surface area (Å²) in [5, 5.41) is 13.0. The van der Waals surface area contributed by atoms with Crippen LogP contribution >= 0.6 is 0 Å². The number of benzene rings is 4. The molecule has 0 aromatic heterocycles. The van der Waals surface area contributed by atoms with E-state index in [-0.39, 0.29) is 5.57 Å². The number of anilines is 2. The number of hydrogen-bond acceptors (Lipinski definition) is 3. The van der Waals surface area contributed by atoms with Crippen molar-refractivity contribution in [1.82, 2.24) is 0 Å². The van der Waals surface area contributed by atoms with E-state index in [1.807, 2.05) is 84.2 Å². The average Bonchev–Trinajstić information content (AvgIpc) is 3.06. The van der Waals surface area contributed by atoms with Crippen molar-refractivity contribution in [3.63, 3.8) is 0 Å². The fourth-order valence-corrected chi connectivity index (χ4v) is 4.98. The van der Waals surface area contributed by atoms with Crippen LogP contribution in [-0.2, 0) is 0 Å². The molecule has 44 heavy (non-hydrogen) atoms. The highest BCUT2D eigenvalue weighted by atomic mass is 19.2. The van der Waals surface area contributed by atoms with Crippen molar-refractivity contribution < 1.29 is 27.6 Å². The zero-order valence-electron chi connectivity index (χ0n) is 23.6. The molecule has 0 bridgehead atoms. The number of para-hydroxylation sites is 2. The SMILES string of the molecule is CN(c1ccccc1)c1ccc(C(=C2C=CC(=[N+](C)c3ccccc3)C=C2)c2c(F)c(N=[N+]=[N-])c(F)c(F)c2C(=O)O)cc1. The molecule has 0 fully saturated rings. The average molecular weight is 593 g/mol. The molecule has 4 aromatic carbocycles. The molecule has 1 aliphatic carbocycles. The standard InChI is InChI=1S/C34H24F3N5O2/c1-41(23-9-5-3-6-10-23)25-17-13-21(14-18-25)27(22-15-19-26(20-16-22)42(2)24-11-7-4-8-12-24)28-29(34(43)44)30(35)32(37)33(31(28)36)39-40-38/h3-20H,1-2H3/p+1. The number of nitrogens with zero attached hydrogens (tertiary/aromatic N) is 5. The maximum Gasteiger partial charge on any atom is 0.339 e. The van der Waals surface area contributed by atoms with E-state index in [4.69, 9.17) is 5.53 Å². The number of azide groups is 1. The second kappa shape index (κ2) is 12.6. The number of hydrogen-bond donors (Lipinski definition) is 1. The van der Waals surface area contributed by atoms with Crippen LogP contribution < -0.4 is 4.90 Å². The first kappa shape index (κ1) is 29.6. The molecule has 0 amide bonds. The fourth-order valence-electron chi connectivity index (χ4n) is 4.98. The molecule has 1 N–H and O–H groups in total. The third-order valence-electron chi connectivity index (χ3n) is 7.28. The summed E-state index contributed by atoms with van der Waals surface area (Å²) in [5.41, 5.74) is 9.64. The first-order valence-electron chi connectivity index (χ1n) is 13.4. The molecule has 0 heterocycles. The minimum atomic E-state index is -1.89. The van der Waals surface area contributed by atoms with Crippen molar-refractivity contribution in [3.05, 3.63) is 159 Å². The minimum absolute atomic E-state index is 0.0315. The molecule has 0 aliphatic heterocycles. The number of rotatable bonds is 7. The lowest BCUT2D eigenvalue weighted by Gasteiger charge is -2.21. The molecule has 4 aromatic rings.